The fourth-order valence-corrected chi connectivity index (χ4v) is 3.90. The molecule has 0 radical (unpaired) electrons. The van der Waals surface area contributed by atoms with Crippen LogP contribution < -0.4 is 10.1 Å². The van der Waals surface area contributed by atoms with Crippen molar-refractivity contribution in [1.29, 1.82) is 0 Å². The Morgan fingerprint density at radius 3 is 2.31 bits per heavy atom. The Hall–Kier alpha value is -3.64. The summed E-state index contributed by atoms with van der Waals surface area (Å²) in [4.78, 5) is 35.9. The first-order valence-corrected chi connectivity index (χ1v) is 11.1. The molecule has 0 aliphatic heterocycles. The van der Waals surface area contributed by atoms with E-state index in [0.717, 1.165) is 0 Å². The molecule has 12 heteroatoms. The van der Waals surface area contributed by atoms with Crippen LogP contribution in [0.5, 0.6) is 0 Å². The highest BCUT2D eigenvalue weighted by Gasteiger charge is 2.23. The number of hydrazone groups is 1. The van der Waals surface area contributed by atoms with Crippen LogP contribution in [0.3, 0.4) is 0 Å². The SMILES string of the molecule is CCN(CC)C(=O)CNS(=O)(=O)c1ccccc1C(=O)N/N=C\c1ccc([N+](=O)[O-])cc1. The zero-order valence-corrected chi connectivity index (χ0v) is 18.3. The van der Waals surface area contributed by atoms with Gasteiger partial charge in [-0.25, -0.2) is 18.6 Å². The first-order chi connectivity index (χ1) is 15.2. The molecule has 2 amide bonds. The van der Waals surface area contributed by atoms with E-state index in [9.17, 15) is 28.1 Å². The van der Waals surface area contributed by atoms with Gasteiger partial charge in [0.1, 0.15) is 0 Å². The second-order valence-electron chi connectivity index (χ2n) is 6.43. The first-order valence-electron chi connectivity index (χ1n) is 9.64. The molecule has 0 aliphatic rings. The largest absolute Gasteiger partial charge is 0.342 e. The number of carbonyl (C=O) groups is 2. The van der Waals surface area contributed by atoms with E-state index in [0.29, 0.717) is 18.7 Å². The minimum Gasteiger partial charge on any atom is -0.342 e. The average Bonchev–Trinajstić information content (AvgIpc) is 2.79. The van der Waals surface area contributed by atoms with Crippen molar-refractivity contribution in [2.75, 3.05) is 19.6 Å². The smallest absolute Gasteiger partial charge is 0.272 e. The molecule has 0 bridgehead atoms. The van der Waals surface area contributed by atoms with Crippen molar-refractivity contribution in [2.24, 2.45) is 5.10 Å². The summed E-state index contributed by atoms with van der Waals surface area (Å²) < 4.78 is 27.6. The van der Waals surface area contributed by atoms with Crippen LogP contribution in [0.15, 0.2) is 58.5 Å². The summed E-state index contributed by atoms with van der Waals surface area (Å²) in [5.74, 6) is -1.16. The molecule has 0 unspecified atom stereocenters. The molecule has 32 heavy (non-hydrogen) atoms. The van der Waals surface area contributed by atoms with Crippen LogP contribution in [0, 0.1) is 10.1 Å². The van der Waals surface area contributed by atoms with E-state index in [1.54, 1.807) is 13.8 Å². The molecule has 2 N–H and O–H groups in total. The molecular weight excluding hydrogens is 438 g/mol. The highest BCUT2D eigenvalue weighted by atomic mass is 32.2. The molecule has 0 saturated heterocycles. The van der Waals surface area contributed by atoms with Gasteiger partial charge in [-0.2, -0.15) is 5.10 Å². The number of likely N-dealkylation sites (N-methyl/N-ethyl adjacent to an activating group) is 1. The summed E-state index contributed by atoms with van der Waals surface area (Å²) in [6.45, 7) is 4.03. The number of nitrogens with one attached hydrogen (secondary N) is 2. The van der Waals surface area contributed by atoms with Crippen molar-refractivity contribution in [3.8, 4) is 0 Å². The first kappa shape index (κ1) is 24.6. The van der Waals surface area contributed by atoms with Gasteiger partial charge in [-0.3, -0.25) is 19.7 Å². The molecule has 2 rings (SSSR count). The summed E-state index contributed by atoms with van der Waals surface area (Å²) >= 11 is 0. The molecule has 2 aromatic carbocycles. The number of nitro benzene ring substituents is 1. The lowest BCUT2D eigenvalue weighted by atomic mass is 10.2. The Kier molecular flexibility index (Phi) is 8.55. The normalized spacial score (nSPS) is 11.3. The van der Waals surface area contributed by atoms with Crippen LogP contribution >= 0.6 is 0 Å². The fourth-order valence-electron chi connectivity index (χ4n) is 2.72. The third kappa shape index (κ3) is 6.43. The lowest BCUT2D eigenvalue weighted by Gasteiger charge is -2.19. The summed E-state index contributed by atoms with van der Waals surface area (Å²) in [5, 5.41) is 14.4. The molecular formula is C20H23N5O6S. The van der Waals surface area contributed by atoms with Crippen LogP contribution in [0.4, 0.5) is 5.69 Å². The predicted molar refractivity (Wildman–Crippen MR) is 118 cm³/mol. The van der Waals surface area contributed by atoms with Gasteiger partial charge in [0, 0.05) is 25.2 Å². The van der Waals surface area contributed by atoms with Crippen LogP contribution in [-0.2, 0) is 14.8 Å². The average molecular weight is 462 g/mol. The standard InChI is InChI=1S/C20H23N5O6S/c1-3-24(4-2)19(26)14-22-32(30,31)18-8-6-5-7-17(18)20(27)23-21-13-15-9-11-16(12-10-15)25(28)29/h5-13,22H,3-4,14H2,1-2H3,(H,23,27)/b21-13-. The second-order valence-corrected chi connectivity index (χ2v) is 8.17. The van der Waals surface area contributed by atoms with Gasteiger partial charge >= 0.3 is 0 Å². The van der Waals surface area contributed by atoms with E-state index < -0.39 is 27.4 Å². The van der Waals surface area contributed by atoms with Crippen LogP contribution in [0.25, 0.3) is 0 Å². The van der Waals surface area contributed by atoms with Gasteiger partial charge in [0.15, 0.2) is 0 Å². The maximum Gasteiger partial charge on any atom is 0.272 e. The zero-order chi connectivity index (χ0) is 23.7. The molecule has 0 fully saturated rings. The van der Waals surface area contributed by atoms with Crippen LogP contribution in [-0.4, -0.2) is 55.9 Å². The van der Waals surface area contributed by atoms with Crippen molar-refractivity contribution in [1.82, 2.24) is 15.0 Å². The fraction of sp³-hybridized carbons (Fsp3) is 0.250. The topological polar surface area (TPSA) is 151 Å². The third-order valence-corrected chi connectivity index (χ3v) is 5.89. The van der Waals surface area contributed by atoms with Gasteiger partial charge in [-0.1, -0.05) is 12.1 Å². The van der Waals surface area contributed by atoms with E-state index in [-0.39, 0.29) is 22.1 Å². The number of non-ortho nitro benzene ring substituents is 1. The van der Waals surface area contributed by atoms with Gasteiger partial charge in [-0.15, -0.1) is 0 Å². The summed E-state index contributed by atoms with van der Waals surface area (Å²) in [6, 6.07) is 11.0. The number of nitrogens with zero attached hydrogens (tertiary/aromatic N) is 3. The maximum atomic E-state index is 12.7. The number of amides is 2. The van der Waals surface area contributed by atoms with E-state index in [2.05, 4.69) is 15.2 Å². The summed E-state index contributed by atoms with van der Waals surface area (Å²) in [7, 11) is -4.15. The zero-order valence-electron chi connectivity index (χ0n) is 17.5. The second kappa shape index (κ2) is 11.1. The lowest BCUT2D eigenvalue weighted by molar-refractivity contribution is -0.384. The molecule has 0 aliphatic carbocycles. The lowest BCUT2D eigenvalue weighted by Crippen LogP contribution is -2.40. The Bertz CT molecular complexity index is 1110. The van der Waals surface area contributed by atoms with Crippen molar-refractivity contribution >= 4 is 33.7 Å². The number of nitro groups is 1. The predicted octanol–water partition coefficient (Wildman–Crippen LogP) is 1.51. The number of hydrogen-bond acceptors (Lipinski definition) is 7. The van der Waals surface area contributed by atoms with Crippen molar-refractivity contribution in [3.05, 3.63) is 69.8 Å². The molecule has 0 spiro atoms. The Balaban J connectivity index is 2.11. The molecule has 2 aromatic rings. The molecule has 0 aromatic heterocycles. The van der Waals surface area contributed by atoms with Crippen molar-refractivity contribution < 1.29 is 22.9 Å². The minimum absolute atomic E-state index is 0.0858. The van der Waals surface area contributed by atoms with E-state index in [4.69, 9.17) is 0 Å². The third-order valence-electron chi connectivity index (χ3n) is 4.43. The number of hydrogen-bond donors (Lipinski definition) is 2. The van der Waals surface area contributed by atoms with Gasteiger partial charge in [0.2, 0.25) is 15.9 Å². The van der Waals surface area contributed by atoms with Crippen molar-refractivity contribution in [3.63, 3.8) is 0 Å². The highest BCUT2D eigenvalue weighted by Crippen LogP contribution is 2.15. The Labute approximate surface area is 185 Å². The molecule has 170 valence electrons. The van der Waals surface area contributed by atoms with Crippen molar-refractivity contribution in [2.45, 2.75) is 18.7 Å². The minimum atomic E-state index is -4.15. The maximum absolute atomic E-state index is 12.7. The van der Waals surface area contributed by atoms with Crippen LogP contribution in [0.1, 0.15) is 29.8 Å². The quantitative estimate of drug-likeness (QED) is 0.311. The van der Waals surface area contributed by atoms with Gasteiger partial charge in [-0.05, 0) is 43.7 Å². The Morgan fingerprint density at radius 2 is 1.72 bits per heavy atom. The molecule has 0 saturated carbocycles. The molecule has 0 heterocycles. The van der Waals surface area contributed by atoms with Gasteiger partial charge in [0.05, 0.1) is 28.1 Å². The molecule has 11 nitrogen and oxygen atoms in total. The van der Waals surface area contributed by atoms with E-state index in [1.165, 1.54) is 59.6 Å². The van der Waals surface area contributed by atoms with E-state index >= 15 is 0 Å². The Morgan fingerprint density at radius 1 is 1.09 bits per heavy atom. The number of carbonyl (C=O) groups excluding carboxylic acids is 2. The van der Waals surface area contributed by atoms with Gasteiger partial charge in [0.25, 0.3) is 11.6 Å². The summed E-state index contributed by atoms with van der Waals surface area (Å²) in [5.41, 5.74) is 2.48. The molecule has 0 atom stereocenters. The monoisotopic (exact) mass is 461 g/mol. The van der Waals surface area contributed by atoms with Gasteiger partial charge < -0.3 is 4.90 Å². The number of rotatable bonds is 10. The summed E-state index contributed by atoms with van der Waals surface area (Å²) in [6.07, 6.45) is 1.26. The number of benzene rings is 2. The van der Waals surface area contributed by atoms with Crippen LogP contribution in [0.2, 0.25) is 0 Å². The highest BCUT2D eigenvalue weighted by molar-refractivity contribution is 7.89. The number of sulfonamides is 1. The van der Waals surface area contributed by atoms with E-state index in [1.807, 2.05) is 0 Å².